The van der Waals surface area contributed by atoms with Gasteiger partial charge >= 0.3 is 12.2 Å². The van der Waals surface area contributed by atoms with Gasteiger partial charge in [-0.25, -0.2) is 0 Å². The van der Waals surface area contributed by atoms with Crippen LogP contribution in [0.15, 0.2) is 54.6 Å². The SMILES string of the molecule is CCOc1nc(Nc2cccc(C(F)(F)F)c2)nc(C2=CC(C)C=CC=C2)n1. The molecule has 0 spiro atoms. The van der Waals surface area contributed by atoms with Crippen molar-refractivity contribution >= 4 is 17.2 Å². The molecule has 1 aromatic heterocycles. The van der Waals surface area contributed by atoms with Gasteiger partial charge in [-0.3, -0.25) is 0 Å². The van der Waals surface area contributed by atoms with Crippen LogP contribution in [0.5, 0.6) is 6.01 Å². The molecular formula is C20H19F3N4O. The van der Waals surface area contributed by atoms with E-state index in [1.165, 1.54) is 12.1 Å². The summed E-state index contributed by atoms with van der Waals surface area (Å²) in [6.45, 7) is 4.16. The van der Waals surface area contributed by atoms with Crippen molar-refractivity contribution in [3.8, 4) is 6.01 Å². The van der Waals surface area contributed by atoms with E-state index in [1.807, 2.05) is 37.3 Å². The average molecular weight is 388 g/mol. The van der Waals surface area contributed by atoms with E-state index in [0.717, 1.165) is 17.7 Å². The van der Waals surface area contributed by atoms with Crippen molar-refractivity contribution < 1.29 is 17.9 Å². The summed E-state index contributed by atoms with van der Waals surface area (Å²) in [5.74, 6) is 0.656. The van der Waals surface area contributed by atoms with Crippen LogP contribution in [0.3, 0.4) is 0 Å². The fourth-order valence-corrected chi connectivity index (χ4v) is 2.58. The minimum Gasteiger partial charge on any atom is -0.464 e. The van der Waals surface area contributed by atoms with E-state index < -0.39 is 11.7 Å². The second kappa shape index (κ2) is 8.24. The first-order valence-electron chi connectivity index (χ1n) is 8.75. The highest BCUT2D eigenvalue weighted by Crippen LogP contribution is 2.31. The Morgan fingerprint density at radius 1 is 1.14 bits per heavy atom. The number of nitrogens with zero attached hydrogens (tertiary/aromatic N) is 3. The fraction of sp³-hybridized carbons (Fsp3) is 0.250. The second-order valence-corrected chi connectivity index (χ2v) is 6.13. The molecule has 0 fully saturated rings. The standard InChI is InChI=1S/C20H19F3N4O/c1-3-28-19-26-17(14-8-5-4-7-13(2)11-14)25-18(27-19)24-16-10-6-9-15(12-16)20(21,22)23/h4-13H,3H2,1-2H3,(H,24,25,26,27). The molecule has 1 heterocycles. The van der Waals surface area contributed by atoms with Gasteiger partial charge in [-0.2, -0.15) is 28.1 Å². The lowest BCUT2D eigenvalue weighted by Gasteiger charge is -2.12. The summed E-state index contributed by atoms with van der Waals surface area (Å²) in [4.78, 5) is 12.8. The molecule has 1 aromatic carbocycles. The zero-order valence-electron chi connectivity index (χ0n) is 15.4. The van der Waals surface area contributed by atoms with Crippen molar-refractivity contribution in [3.63, 3.8) is 0 Å². The summed E-state index contributed by atoms with van der Waals surface area (Å²) in [6.07, 6.45) is 5.24. The average Bonchev–Trinajstić information content (AvgIpc) is 2.86. The Morgan fingerprint density at radius 3 is 2.71 bits per heavy atom. The molecule has 1 aliphatic carbocycles. The minimum absolute atomic E-state index is 0.0983. The van der Waals surface area contributed by atoms with Crippen LogP contribution >= 0.6 is 0 Å². The van der Waals surface area contributed by atoms with Crippen molar-refractivity contribution in [2.24, 2.45) is 5.92 Å². The molecule has 0 saturated heterocycles. The van der Waals surface area contributed by atoms with Crippen molar-refractivity contribution in [3.05, 3.63) is 66.0 Å². The van der Waals surface area contributed by atoms with Crippen molar-refractivity contribution in [1.29, 1.82) is 0 Å². The number of ether oxygens (including phenoxy) is 1. The van der Waals surface area contributed by atoms with Gasteiger partial charge in [-0.1, -0.05) is 43.4 Å². The molecular weight excluding hydrogens is 369 g/mol. The van der Waals surface area contributed by atoms with Gasteiger partial charge in [0.1, 0.15) is 0 Å². The van der Waals surface area contributed by atoms with Gasteiger partial charge in [0.2, 0.25) is 5.95 Å². The molecule has 0 amide bonds. The van der Waals surface area contributed by atoms with Crippen molar-refractivity contribution in [2.75, 3.05) is 11.9 Å². The molecule has 1 N–H and O–H groups in total. The first-order valence-corrected chi connectivity index (χ1v) is 8.75. The Hall–Kier alpha value is -3.16. The smallest absolute Gasteiger partial charge is 0.416 e. The molecule has 0 bridgehead atoms. The van der Waals surface area contributed by atoms with E-state index in [2.05, 4.69) is 20.3 Å². The van der Waals surface area contributed by atoms with Gasteiger partial charge in [0, 0.05) is 11.3 Å². The van der Waals surface area contributed by atoms with Gasteiger partial charge in [-0.15, -0.1) is 0 Å². The van der Waals surface area contributed by atoms with E-state index in [9.17, 15) is 13.2 Å². The molecule has 1 atom stereocenters. The molecule has 1 unspecified atom stereocenters. The number of hydrogen-bond donors (Lipinski definition) is 1. The summed E-state index contributed by atoms with van der Waals surface area (Å²) in [5.41, 5.74) is 0.230. The number of hydrogen-bond acceptors (Lipinski definition) is 5. The Kier molecular flexibility index (Phi) is 5.77. The lowest BCUT2D eigenvalue weighted by atomic mass is 10.1. The number of aromatic nitrogens is 3. The largest absolute Gasteiger partial charge is 0.464 e. The minimum atomic E-state index is -4.43. The molecule has 5 nitrogen and oxygen atoms in total. The van der Waals surface area contributed by atoms with Crippen LogP contribution in [0, 0.1) is 5.92 Å². The third kappa shape index (κ3) is 4.97. The van der Waals surface area contributed by atoms with Crippen molar-refractivity contribution in [1.82, 2.24) is 15.0 Å². The van der Waals surface area contributed by atoms with Crippen LogP contribution in [-0.4, -0.2) is 21.6 Å². The van der Waals surface area contributed by atoms with Crippen LogP contribution < -0.4 is 10.1 Å². The van der Waals surface area contributed by atoms with E-state index in [-0.39, 0.29) is 23.6 Å². The first kappa shape index (κ1) is 19.6. The zero-order chi connectivity index (χ0) is 20.1. The van der Waals surface area contributed by atoms with Gasteiger partial charge in [-0.05, 0) is 31.0 Å². The number of alkyl halides is 3. The summed E-state index contributed by atoms with van der Waals surface area (Å²) < 4.78 is 44.2. The van der Waals surface area contributed by atoms with Crippen LogP contribution in [0.25, 0.3) is 5.57 Å². The summed E-state index contributed by atoms with van der Waals surface area (Å²) in [7, 11) is 0. The molecule has 28 heavy (non-hydrogen) atoms. The number of nitrogens with one attached hydrogen (secondary N) is 1. The molecule has 1 aliphatic rings. The highest BCUT2D eigenvalue weighted by Gasteiger charge is 2.30. The van der Waals surface area contributed by atoms with Crippen LogP contribution in [0.1, 0.15) is 25.2 Å². The summed E-state index contributed by atoms with van der Waals surface area (Å²) >= 11 is 0. The number of allylic oxidation sites excluding steroid dienone is 6. The Labute approximate surface area is 160 Å². The Morgan fingerprint density at radius 2 is 1.96 bits per heavy atom. The quantitative estimate of drug-likeness (QED) is 0.765. The predicted octanol–water partition coefficient (Wildman–Crippen LogP) is 5.18. The second-order valence-electron chi connectivity index (χ2n) is 6.13. The monoisotopic (exact) mass is 388 g/mol. The number of anilines is 2. The molecule has 146 valence electrons. The van der Waals surface area contributed by atoms with Crippen LogP contribution in [0.4, 0.5) is 24.8 Å². The molecule has 8 heteroatoms. The zero-order valence-corrected chi connectivity index (χ0v) is 15.4. The maximum Gasteiger partial charge on any atom is 0.416 e. The Balaban J connectivity index is 1.96. The topological polar surface area (TPSA) is 59.9 Å². The fourth-order valence-electron chi connectivity index (χ4n) is 2.58. The molecule has 2 aromatic rings. The Bertz CT molecular complexity index is 935. The molecule has 0 radical (unpaired) electrons. The molecule has 0 saturated carbocycles. The summed E-state index contributed by atoms with van der Waals surface area (Å²) in [6, 6.07) is 4.93. The van der Waals surface area contributed by atoms with Gasteiger partial charge in [0.25, 0.3) is 0 Å². The van der Waals surface area contributed by atoms with E-state index in [1.54, 1.807) is 6.92 Å². The predicted molar refractivity (Wildman–Crippen MR) is 101 cm³/mol. The van der Waals surface area contributed by atoms with Crippen molar-refractivity contribution in [2.45, 2.75) is 20.0 Å². The summed E-state index contributed by atoms with van der Waals surface area (Å²) in [5, 5.41) is 2.81. The van der Waals surface area contributed by atoms with Crippen LogP contribution in [-0.2, 0) is 6.18 Å². The van der Waals surface area contributed by atoms with Gasteiger partial charge in [0.15, 0.2) is 5.82 Å². The van der Waals surface area contributed by atoms with Gasteiger partial charge in [0.05, 0.1) is 12.2 Å². The highest BCUT2D eigenvalue weighted by molar-refractivity contribution is 5.72. The normalized spacial score (nSPS) is 16.5. The number of benzene rings is 1. The highest BCUT2D eigenvalue weighted by atomic mass is 19.4. The molecule has 0 aliphatic heterocycles. The maximum atomic E-state index is 12.9. The van der Waals surface area contributed by atoms with E-state index in [4.69, 9.17) is 4.74 Å². The van der Waals surface area contributed by atoms with Gasteiger partial charge < -0.3 is 10.1 Å². The number of halogens is 3. The lowest BCUT2D eigenvalue weighted by molar-refractivity contribution is -0.137. The van der Waals surface area contributed by atoms with E-state index >= 15 is 0 Å². The maximum absolute atomic E-state index is 12.9. The van der Waals surface area contributed by atoms with E-state index in [0.29, 0.717) is 12.4 Å². The first-order chi connectivity index (χ1) is 13.3. The molecule has 3 rings (SSSR count). The number of rotatable bonds is 5. The third-order valence-corrected chi connectivity index (χ3v) is 3.84. The third-order valence-electron chi connectivity index (χ3n) is 3.84. The van der Waals surface area contributed by atoms with Crippen LogP contribution in [0.2, 0.25) is 0 Å². The lowest BCUT2D eigenvalue weighted by Crippen LogP contribution is -2.08.